The van der Waals surface area contributed by atoms with Crippen molar-refractivity contribution in [2.75, 3.05) is 19.4 Å². The molecule has 1 N–H and O–H groups in total. The van der Waals surface area contributed by atoms with E-state index in [1.54, 1.807) is 6.08 Å². The fourth-order valence-corrected chi connectivity index (χ4v) is 1.14. The Labute approximate surface area is 84.2 Å². The van der Waals surface area contributed by atoms with Crippen LogP contribution in [0.2, 0.25) is 0 Å². The molecule has 0 bridgehead atoms. The zero-order chi connectivity index (χ0) is 11.0. The molecule has 0 spiro atoms. The summed E-state index contributed by atoms with van der Waals surface area (Å²) in [4.78, 5) is 10.9. The molecule has 0 radical (unpaired) electrons. The molecule has 0 heterocycles. The zero-order valence-electron chi connectivity index (χ0n) is 8.15. The van der Waals surface area contributed by atoms with Gasteiger partial charge in [-0.2, -0.15) is 0 Å². The highest BCUT2D eigenvalue weighted by Gasteiger charge is 2.02. The molecule has 0 aliphatic heterocycles. The molecule has 0 saturated heterocycles. The van der Waals surface area contributed by atoms with Gasteiger partial charge in [-0.1, -0.05) is 6.08 Å². The lowest BCUT2D eigenvalue weighted by atomic mass is 10.3. The number of sulfonamides is 1. The van der Waals surface area contributed by atoms with E-state index in [1.807, 2.05) is 0 Å². The van der Waals surface area contributed by atoms with E-state index in [2.05, 4.69) is 11.3 Å². The van der Waals surface area contributed by atoms with E-state index in [0.29, 0.717) is 6.42 Å². The van der Waals surface area contributed by atoms with Crippen LogP contribution in [0.4, 0.5) is 0 Å². The molecule has 0 atom stereocenters. The third kappa shape index (κ3) is 9.21. The number of rotatable bonds is 7. The van der Waals surface area contributed by atoms with Crippen molar-refractivity contribution >= 4 is 16.0 Å². The summed E-state index contributed by atoms with van der Waals surface area (Å²) in [6, 6.07) is 0. The minimum atomic E-state index is -3.20. The van der Waals surface area contributed by atoms with E-state index in [9.17, 15) is 13.2 Å². The number of hydrogen-bond donors (Lipinski definition) is 1. The Kier molecular flexibility index (Phi) is 6.14. The minimum Gasteiger partial charge on any atom is -0.464 e. The smallest absolute Gasteiger partial charge is 0.306 e. The molecular formula is C8H15NO4S. The SMILES string of the molecule is C=CCCC(=O)OCCNS(C)(=O)=O. The Morgan fingerprint density at radius 2 is 2.21 bits per heavy atom. The van der Waals surface area contributed by atoms with Gasteiger partial charge in [-0.15, -0.1) is 6.58 Å². The molecule has 0 aliphatic rings. The average molecular weight is 221 g/mol. The van der Waals surface area contributed by atoms with Crippen molar-refractivity contribution in [1.29, 1.82) is 0 Å². The van der Waals surface area contributed by atoms with Crippen LogP contribution in [0.5, 0.6) is 0 Å². The first kappa shape index (κ1) is 13.1. The zero-order valence-corrected chi connectivity index (χ0v) is 8.97. The molecule has 0 saturated carbocycles. The van der Waals surface area contributed by atoms with Gasteiger partial charge in [0.2, 0.25) is 10.0 Å². The second-order valence-corrected chi connectivity index (χ2v) is 4.55. The van der Waals surface area contributed by atoms with Gasteiger partial charge >= 0.3 is 5.97 Å². The first-order valence-corrected chi connectivity index (χ1v) is 6.06. The van der Waals surface area contributed by atoms with Crippen LogP contribution < -0.4 is 4.72 Å². The van der Waals surface area contributed by atoms with E-state index in [1.165, 1.54) is 0 Å². The topological polar surface area (TPSA) is 72.5 Å². The van der Waals surface area contributed by atoms with Gasteiger partial charge in [-0.25, -0.2) is 13.1 Å². The molecule has 6 heteroatoms. The highest BCUT2D eigenvalue weighted by Crippen LogP contribution is 1.92. The molecule has 0 aromatic rings. The van der Waals surface area contributed by atoms with Crippen molar-refractivity contribution in [1.82, 2.24) is 4.72 Å². The maximum atomic E-state index is 10.9. The van der Waals surface area contributed by atoms with Crippen LogP contribution in [0.25, 0.3) is 0 Å². The Bertz CT molecular complexity index is 284. The summed E-state index contributed by atoms with van der Waals surface area (Å²) in [5.74, 6) is -0.347. The first-order valence-electron chi connectivity index (χ1n) is 4.17. The maximum Gasteiger partial charge on any atom is 0.306 e. The second-order valence-electron chi connectivity index (χ2n) is 2.71. The second kappa shape index (κ2) is 6.56. The van der Waals surface area contributed by atoms with Crippen molar-refractivity contribution in [3.8, 4) is 0 Å². The standard InChI is InChI=1S/C8H15NO4S/c1-3-4-5-8(10)13-7-6-9-14(2,11)12/h3,9H,1,4-7H2,2H3. The Morgan fingerprint density at radius 3 is 2.71 bits per heavy atom. The van der Waals surface area contributed by atoms with Gasteiger partial charge in [0.25, 0.3) is 0 Å². The van der Waals surface area contributed by atoms with E-state index in [0.717, 1.165) is 6.26 Å². The quantitative estimate of drug-likeness (QED) is 0.374. The van der Waals surface area contributed by atoms with Crippen molar-refractivity contribution in [2.24, 2.45) is 0 Å². The van der Waals surface area contributed by atoms with Crippen molar-refractivity contribution in [3.63, 3.8) is 0 Å². The van der Waals surface area contributed by atoms with Crippen LogP contribution in [0.1, 0.15) is 12.8 Å². The van der Waals surface area contributed by atoms with Gasteiger partial charge in [0.15, 0.2) is 0 Å². The van der Waals surface area contributed by atoms with Gasteiger partial charge in [0.05, 0.1) is 6.26 Å². The summed E-state index contributed by atoms with van der Waals surface area (Å²) in [6.45, 7) is 3.63. The Morgan fingerprint density at radius 1 is 1.57 bits per heavy atom. The largest absolute Gasteiger partial charge is 0.464 e. The van der Waals surface area contributed by atoms with Crippen LogP contribution in [0.15, 0.2) is 12.7 Å². The summed E-state index contributed by atoms with van der Waals surface area (Å²) >= 11 is 0. The molecule has 14 heavy (non-hydrogen) atoms. The van der Waals surface area contributed by atoms with Gasteiger partial charge < -0.3 is 4.74 Å². The summed E-state index contributed by atoms with van der Waals surface area (Å²) in [5.41, 5.74) is 0. The van der Waals surface area contributed by atoms with Crippen molar-refractivity contribution in [2.45, 2.75) is 12.8 Å². The summed E-state index contributed by atoms with van der Waals surface area (Å²) in [7, 11) is -3.20. The lowest BCUT2D eigenvalue weighted by Gasteiger charge is -2.03. The van der Waals surface area contributed by atoms with Crippen LogP contribution in [0, 0.1) is 0 Å². The molecule has 5 nitrogen and oxygen atoms in total. The lowest BCUT2D eigenvalue weighted by molar-refractivity contribution is -0.143. The lowest BCUT2D eigenvalue weighted by Crippen LogP contribution is -2.26. The maximum absolute atomic E-state index is 10.9. The molecule has 0 amide bonds. The number of allylic oxidation sites excluding steroid dienone is 1. The number of esters is 1. The fourth-order valence-electron chi connectivity index (χ4n) is 0.684. The number of carbonyl (C=O) groups excluding carboxylic acids is 1. The first-order chi connectivity index (χ1) is 6.45. The highest BCUT2D eigenvalue weighted by molar-refractivity contribution is 7.88. The van der Waals surface area contributed by atoms with E-state index in [-0.39, 0.29) is 25.5 Å². The predicted molar refractivity (Wildman–Crippen MR) is 53.2 cm³/mol. The monoisotopic (exact) mass is 221 g/mol. The van der Waals surface area contributed by atoms with Gasteiger partial charge in [-0.3, -0.25) is 4.79 Å². The van der Waals surface area contributed by atoms with Gasteiger partial charge in [0, 0.05) is 13.0 Å². The van der Waals surface area contributed by atoms with Crippen LogP contribution >= 0.6 is 0 Å². The molecular weight excluding hydrogens is 206 g/mol. The third-order valence-corrected chi connectivity index (χ3v) is 2.01. The molecule has 0 unspecified atom stereocenters. The van der Waals surface area contributed by atoms with Gasteiger partial charge in [-0.05, 0) is 6.42 Å². The fraction of sp³-hybridized carbons (Fsp3) is 0.625. The van der Waals surface area contributed by atoms with Crippen molar-refractivity contribution in [3.05, 3.63) is 12.7 Å². The van der Waals surface area contributed by atoms with E-state index in [4.69, 9.17) is 4.74 Å². The molecule has 0 aromatic carbocycles. The number of nitrogens with one attached hydrogen (secondary N) is 1. The summed E-state index contributed by atoms with van der Waals surface area (Å²) in [5, 5.41) is 0. The van der Waals surface area contributed by atoms with E-state index < -0.39 is 10.0 Å². The Hall–Kier alpha value is -0.880. The minimum absolute atomic E-state index is 0.0586. The molecule has 0 fully saturated rings. The molecule has 0 aromatic heterocycles. The summed E-state index contributed by atoms with van der Waals surface area (Å²) < 4.78 is 28.1. The number of ether oxygens (including phenoxy) is 1. The van der Waals surface area contributed by atoms with Gasteiger partial charge in [0.1, 0.15) is 6.61 Å². The van der Waals surface area contributed by atoms with E-state index >= 15 is 0 Å². The number of hydrogen-bond acceptors (Lipinski definition) is 4. The molecule has 0 aliphatic carbocycles. The summed E-state index contributed by atoms with van der Waals surface area (Å²) in [6.07, 6.45) is 3.52. The third-order valence-electron chi connectivity index (χ3n) is 1.28. The molecule has 82 valence electrons. The van der Waals surface area contributed by atoms with Crippen LogP contribution in [-0.2, 0) is 19.6 Å². The van der Waals surface area contributed by atoms with Crippen molar-refractivity contribution < 1.29 is 17.9 Å². The number of carbonyl (C=O) groups is 1. The molecule has 0 rings (SSSR count). The van der Waals surface area contributed by atoms with Crippen LogP contribution in [0.3, 0.4) is 0 Å². The Balaban J connectivity index is 3.45. The average Bonchev–Trinajstić information content (AvgIpc) is 2.07. The normalized spacial score (nSPS) is 10.9. The van der Waals surface area contributed by atoms with Crippen LogP contribution in [-0.4, -0.2) is 33.8 Å². The highest BCUT2D eigenvalue weighted by atomic mass is 32.2. The predicted octanol–water partition coefficient (Wildman–Crippen LogP) is 0.0450.